The lowest BCUT2D eigenvalue weighted by molar-refractivity contribution is 0.239. The molecule has 4 heteroatoms. The van der Waals surface area contributed by atoms with Gasteiger partial charge in [-0.15, -0.1) is 0 Å². The summed E-state index contributed by atoms with van der Waals surface area (Å²) in [4.78, 5) is 0. The first-order chi connectivity index (χ1) is 9.04. The van der Waals surface area contributed by atoms with Crippen molar-refractivity contribution in [3.05, 3.63) is 28.2 Å². The molecule has 1 aromatic rings. The van der Waals surface area contributed by atoms with E-state index < -0.39 is 0 Å². The minimum atomic E-state index is 0.237. The fraction of sp³-hybridized carbons (Fsp3) is 0.600. The van der Waals surface area contributed by atoms with Crippen LogP contribution in [0.25, 0.3) is 0 Å². The van der Waals surface area contributed by atoms with Gasteiger partial charge in [-0.25, -0.2) is 0 Å². The van der Waals surface area contributed by atoms with Gasteiger partial charge in [-0.05, 0) is 53.2 Å². The van der Waals surface area contributed by atoms with Crippen LogP contribution >= 0.6 is 15.9 Å². The standard InChI is InChI=1S/C15H24BrNO2/c1-11(2)8-12(6-7-18)9-17-10-13-4-3-5-14(16)15(13)19/h3-5,11-12,17-19H,6-10H2,1-2H3. The van der Waals surface area contributed by atoms with Gasteiger partial charge < -0.3 is 15.5 Å². The molecule has 0 amide bonds. The molecule has 3 nitrogen and oxygen atoms in total. The number of nitrogens with one attached hydrogen (secondary N) is 1. The van der Waals surface area contributed by atoms with Crippen LogP contribution in [-0.2, 0) is 6.54 Å². The van der Waals surface area contributed by atoms with Crippen molar-refractivity contribution in [3.63, 3.8) is 0 Å². The van der Waals surface area contributed by atoms with Crippen LogP contribution in [0.1, 0.15) is 32.3 Å². The van der Waals surface area contributed by atoms with Gasteiger partial charge in [-0.3, -0.25) is 0 Å². The molecule has 0 saturated carbocycles. The molecule has 0 spiro atoms. The Morgan fingerprint density at radius 2 is 2.05 bits per heavy atom. The smallest absolute Gasteiger partial charge is 0.134 e. The van der Waals surface area contributed by atoms with E-state index in [1.165, 1.54) is 0 Å². The summed E-state index contributed by atoms with van der Waals surface area (Å²) in [6, 6.07) is 5.66. The van der Waals surface area contributed by atoms with Crippen LogP contribution < -0.4 is 5.32 Å². The average molecular weight is 330 g/mol. The predicted molar refractivity (Wildman–Crippen MR) is 82.2 cm³/mol. The Balaban J connectivity index is 2.45. The van der Waals surface area contributed by atoms with Gasteiger partial charge in [0, 0.05) is 18.7 Å². The van der Waals surface area contributed by atoms with E-state index in [1.54, 1.807) is 0 Å². The molecule has 0 aliphatic heterocycles. The van der Waals surface area contributed by atoms with Crippen LogP contribution in [0.5, 0.6) is 5.75 Å². The molecule has 1 aromatic carbocycles. The van der Waals surface area contributed by atoms with Crippen molar-refractivity contribution in [2.45, 2.75) is 33.2 Å². The van der Waals surface area contributed by atoms with Crippen molar-refractivity contribution in [1.29, 1.82) is 0 Å². The van der Waals surface area contributed by atoms with E-state index in [0.29, 0.717) is 24.1 Å². The van der Waals surface area contributed by atoms with E-state index in [9.17, 15) is 5.11 Å². The maximum absolute atomic E-state index is 9.88. The molecule has 0 radical (unpaired) electrons. The summed E-state index contributed by atoms with van der Waals surface area (Å²) in [5, 5.41) is 22.3. The highest BCUT2D eigenvalue weighted by atomic mass is 79.9. The largest absolute Gasteiger partial charge is 0.506 e. The molecule has 0 aliphatic carbocycles. The number of phenolic OH excluding ortho intramolecular Hbond substituents is 1. The van der Waals surface area contributed by atoms with Gasteiger partial charge in [0.25, 0.3) is 0 Å². The maximum atomic E-state index is 9.88. The van der Waals surface area contributed by atoms with Crippen LogP contribution in [0.3, 0.4) is 0 Å². The maximum Gasteiger partial charge on any atom is 0.134 e. The zero-order valence-corrected chi connectivity index (χ0v) is 13.3. The Morgan fingerprint density at radius 3 is 2.68 bits per heavy atom. The van der Waals surface area contributed by atoms with E-state index in [-0.39, 0.29) is 6.61 Å². The summed E-state index contributed by atoms with van der Waals surface area (Å²) in [7, 11) is 0. The summed E-state index contributed by atoms with van der Waals surface area (Å²) < 4.78 is 0.723. The second-order valence-corrected chi connectivity index (χ2v) is 6.24. The van der Waals surface area contributed by atoms with E-state index in [0.717, 1.165) is 29.4 Å². The molecule has 0 aliphatic rings. The normalized spacial score (nSPS) is 12.9. The second-order valence-electron chi connectivity index (χ2n) is 5.39. The van der Waals surface area contributed by atoms with Crippen LogP contribution in [0, 0.1) is 11.8 Å². The van der Waals surface area contributed by atoms with Crippen LogP contribution in [0.15, 0.2) is 22.7 Å². The molecule has 19 heavy (non-hydrogen) atoms. The van der Waals surface area contributed by atoms with Gasteiger partial charge in [0.2, 0.25) is 0 Å². The first kappa shape index (κ1) is 16.5. The Labute approximate surface area is 124 Å². The predicted octanol–water partition coefficient (Wildman–Crippen LogP) is 3.29. The third-order valence-electron chi connectivity index (χ3n) is 3.16. The summed E-state index contributed by atoms with van der Waals surface area (Å²) in [5.74, 6) is 1.43. The van der Waals surface area contributed by atoms with Gasteiger partial charge in [0.1, 0.15) is 5.75 Å². The number of rotatable bonds is 8. The zero-order valence-electron chi connectivity index (χ0n) is 11.7. The first-order valence-corrected chi connectivity index (χ1v) is 7.61. The summed E-state index contributed by atoms with van der Waals surface area (Å²) >= 11 is 3.31. The van der Waals surface area contributed by atoms with Gasteiger partial charge >= 0.3 is 0 Å². The number of halogens is 1. The molecule has 108 valence electrons. The number of para-hydroxylation sites is 1. The number of benzene rings is 1. The molecule has 0 aromatic heterocycles. The average Bonchev–Trinajstić information content (AvgIpc) is 2.34. The molecule has 1 atom stereocenters. The van der Waals surface area contributed by atoms with Gasteiger partial charge in [0.15, 0.2) is 0 Å². The van der Waals surface area contributed by atoms with Gasteiger partial charge in [0.05, 0.1) is 4.47 Å². The minimum absolute atomic E-state index is 0.237. The van der Waals surface area contributed by atoms with E-state index in [2.05, 4.69) is 35.1 Å². The van der Waals surface area contributed by atoms with Gasteiger partial charge in [-0.2, -0.15) is 0 Å². The monoisotopic (exact) mass is 329 g/mol. The Hall–Kier alpha value is -0.580. The topological polar surface area (TPSA) is 52.5 Å². The quantitative estimate of drug-likeness (QED) is 0.686. The Bertz CT molecular complexity index is 382. The molecular formula is C15H24BrNO2. The fourth-order valence-corrected chi connectivity index (χ4v) is 2.67. The molecule has 3 N–H and O–H groups in total. The highest BCUT2D eigenvalue weighted by Gasteiger charge is 2.11. The SMILES string of the molecule is CC(C)CC(CCO)CNCc1cccc(Br)c1O. The van der Waals surface area contributed by atoms with Crippen molar-refractivity contribution in [1.82, 2.24) is 5.32 Å². The van der Waals surface area contributed by atoms with Crippen LogP contribution in [-0.4, -0.2) is 23.4 Å². The summed E-state index contributed by atoms with van der Waals surface area (Å²) in [6.07, 6.45) is 1.94. The number of aromatic hydroxyl groups is 1. The molecule has 1 unspecified atom stereocenters. The zero-order chi connectivity index (χ0) is 14.3. The van der Waals surface area contributed by atoms with Crippen LogP contribution in [0.2, 0.25) is 0 Å². The third kappa shape index (κ3) is 5.93. The van der Waals surface area contributed by atoms with Gasteiger partial charge in [-0.1, -0.05) is 26.0 Å². The highest BCUT2D eigenvalue weighted by molar-refractivity contribution is 9.10. The lowest BCUT2D eigenvalue weighted by Gasteiger charge is -2.19. The van der Waals surface area contributed by atoms with Crippen molar-refractivity contribution < 1.29 is 10.2 Å². The Morgan fingerprint density at radius 1 is 1.32 bits per heavy atom. The highest BCUT2D eigenvalue weighted by Crippen LogP contribution is 2.27. The summed E-state index contributed by atoms with van der Waals surface area (Å²) in [6.45, 7) is 6.15. The number of hydrogen-bond acceptors (Lipinski definition) is 3. The number of hydrogen-bond donors (Lipinski definition) is 3. The lowest BCUT2D eigenvalue weighted by Crippen LogP contribution is -2.24. The fourth-order valence-electron chi connectivity index (χ4n) is 2.27. The van der Waals surface area contributed by atoms with Crippen molar-refractivity contribution in [2.24, 2.45) is 11.8 Å². The van der Waals surface area contributed by atoms with E-state index >= 15 is 0 Å². The molecule has 1 rings (SSSR count). The van der Waals surface area contributed by atoms with E-state index in [1.807, 2.05) is 18.2 Å². The number of aliphatic hydroxyl groups is 1. The molecule has 0 heterocycles. The second kappa shape index (κ2) is 8.56. The third-order valence-corrected chi connectivity index (χ3v) is 3.80. The Kier molecular flexibility index (Phi) is 7.42. The minimum Gasteiger partial charge on any atom is -0.506 e. The van der Waals surface area contributed by atoms with Crippen molar-refractivity contribution in [3.8, 4) is 5.75 Å². The molecule has 0 fully saturated rings. The van der Waals surface area contributed by atoms with E-state index in [4.69, 9.17) is 5.11 Å². The molecule has 0 saturated heterocycles. The number of aliphatic hydroxyl groups excluding tert-OH is 1. The molecular weight excluding hydrogens is 306 g/mol. The number of phenols is 1. The van der Waals surface area contributed by atoms with Crippen molar-refractivity contribution >= 4 is 15.9 Å². The van der Waals surface area contributed by atoms with Crippen LogP contribution in [0.4, 0.5) is 0 Å². The first-order valence-electron chi connectivity index (χ1n) is 6.82. The lowest BCUT2D eigenvalue weighted by atomic mass is 9.94. The summed E-state index contributed by atoms with van der Waals surface area (Å²) in [5.41, 5.74) is 0.890. The van der Waals surface area contributed by atoms with Crippen molar-refractivity contribution in [2.75, 3.05) is 13.2 Å². The molecule has 0 bridgehead atoms.